The molecule has 9 heteroatoms. The van der Waals surface area contributed by atoms with E-state index in [1.165, 1.54) is 24.3 Å². The Morgan fingerprint density at radius 1 is 0.673 bits per heavy atom. The Morgan fingerprint density at radius 2 is 1.12 bits per heavy atom. The van der Waals surface area contributed by atoms with Crippen LogP contribution in [0.2, 0.25) is 5.02 Å². The van der Waals surface area contributed by atoms with Crippen molar-refractivity contribution in [3.8, 4) is 0 Å². The van der Waals surface area contributed by atoms with E-state index >= 15 is 0 Å². The van der Waals surface area contributed by atoms with Crippen molar-refractivity contribution in [3.05, 3.63) is 95.0 Å². The zero-order valence-corrected chi connectivity index (χ0v) is 28.3. The van der Waals surface area contributed by atoms with Gasteiger partial charge < -0.3 is 16.4 Å². The Morgan fingerprint density at radius 3 is 1.51 bits per heavy atom. The van der Waals surface area contributed by atoms with Crippen molar-refractivity contribution < 1.29 is 23.2 Å². The van der Waals surface area contributed by atoms with E-state index in [9.17, 15) is 23.2 Å². The third-order valence-electron chi connectivity index (χ3n) is 13.4. The second-order valence-corrected chi connectivity index (χ2v) is 16.8. The highest BCUT2D eigenvalue weighted by molar-refractivity contribution is 6.31. The summed E-state index contributed by atoms with van der Waals surface area (Å²) in [6.45, 7) is 0. The van der Waals surface area contributed by atoms with Crippen LogP contribution >= 0.6 is 11.6 Å². The molecule has 0 heterocycles. The Hall–Kier alpha value is -3.62. The van der Waals surface area contributed by atoms with E-state index in [2.05, 4.69) is 10.6 Å². The number of halogens is 3. The second kappa shape index (κ2) is 11.2. The van der Waals surface area contributed by atoms with Crippen molar-refractivity contribution in [1.82, 2.24) is 0 Å². The summed E-state index contributed by atoms with van der Waals surface area (Å²) in [6, 6.07) is 19.0. The molecule has 0 radical (unpaired) electrons. The lowest BCUT2D eigenvalue weighted by Gasteiger charge is -2.78. The van der Waals surface area contributed by atoms with E-state index in [1.54, 1.807) is 36.4 Å². The van der Waals surface area contributed by atoms with Gasteiger partial charge in [0.15, 0.2) is 5.78 Å². The smallest absolute Gasteiger partial charge is 0.231 e. The first kappa shape index (κ1) is 32.6. The maximum Gasteiger partial charge on any atom is 0.231 e. The van der Waals surface area contributed by atoms with Gasteiger partial charge in [0.05, 0.1) is 10.8 Å². The summed E-state index contributed by atoms with van der Waals surface area (Å²) in [7, 11) is 0. The summed E-state index contributed by atoms with van der Waals surface area (Å²) in [6.07, 6.45) is 12.3. The minimum Gasteiger partial charge on any atom is -0.326 e. The predicted molar refractivity (Wildman–Crippen MR) is 185 cm³/mol. The number of carbonyl (C=O) groups excluding carboxylic acids is 3. The predicted octanol–water partition coefficient (Wildman–Crippen LogP) is 8.85. The van der Waals surface area contributed by atoms with Crippen LogP contribution in [0.5, 0.6) is 0 Å². The van der Waals surface area contributed by atoms with Crippen molar-refractivity contribution >= 4 is 40.6 Å². The van der Waals surface area contributed by atoms with E-state index < -0.39 is 0 Å². The largest absolute Gasteiger partial charge is 0.326 e. The fourth-order valence-electron chi connectivity index (χ4n) is 10.8. The van der Waals surface area contributed by atoms with Crippen molar-refractivity contribution in [3.63, 3.8) is 0 Å². The molecule has 8 saturated carbocycles. The molecule has 256 valence electrons. The number of Topliss-reactive ketones (excluding diaryl/α,β-unsaturated/α-hetero) is 1. The summed E-state index contributed by atoms with van der Waals surface area (Å²) < 4.78 is 26.0. The van der Waals surface area contributed by atoms with Gasteiger partial charge in [-0.05, 0) is 141 Å². The Balaban J connectivity index is 0.000000152. The van der Waals surface area contributed by atoms with Crippen molar-refractivity contribution in [1.29, 1.82) is 0 Å². The summed E-state index contributed by atoms with van der Waals surface area (Å²) in [5.74, 6) is -0.293. The quantitative estimate of drug-likeness (QED) is 0.196. The number of amides is 2. The van der Waals surface area contributed by atoms with Crippen molar-refractivity contribution in [2.45, 2.75) is 89.0 Å². The summed E-state index contributed by atoms with van der Waals surface area (Å²) in [5.41, 5.74) is 7.85. The molecule has 3 aromatic rings. The molecule has 0 aliphatic heterocycles. The van der Waals surface area contributed by atoms with Crippen LogP contribution in [0.15, 0.2) is 72.8 Å². The first-order chi connectivity index (χ1) is 23.3. The zero-order chi connectivity index (χ0) is 34.3. The normalized spacial score (nSPS) is 31.7. The number of hydrogen-bond donors (Lipinski definition) is 3. The molecule has 6 nitrogen and oxygen atoms in total. The summed E-state index contributed by atoms with van der Waals surface area (Å²) >= 11 is 6.02. The molecule has 0 atom stereocenters. The van der Waals surface area contributed by atoms with Crippen LogP contribution in [-0.2, 0) is 9.59 Å². The van der Waals surface area contributed by atoms with Crippen LogP contribution in [0.4, 0.5) is 20.2 Å². The first-order valence-electron chi connectivity index (χ1n) is 17.5. The maximum atomic E-state index is 13.2. The molecule has 0 saturated heterocycles. The molecule has 2 amide bonds. The number of nitrogens with two attached hydrogens (primary N) is 1. The molecule has 0 spiro atoms. The fourth-order valence-corrected chi connectivity index (χ4v) is 11.0. The van der Waals surface area contributed by atoms with Gasteiger partial charge in [-0.15, -0.1) is 0 Å². The standard InChI is InChI=1S/C24H23ClFNO2.C16H19FN2O/c25-17-4-1-3-16(11-17)20(28)12-22-13-23(14-22,15-22)24(9-2-10-24)21(29)27-19-7-5-18(26)6-8-19;17-11-2-4-12(5-3-11)19-13(20)16(6-1-7-16)14-8-15(18,9-14)10-14/h1,3-8,11H,2,9-10,12-15H2,(H,27,29);2-5H,1,6-10,18H2,(H,19,20). The van der Waals surface area contributed by atoms with Gasteiger partial charge in [0.25, 0.3) is 0 Å². The number of carbonyl (C=O) groups is 3. The molecule has 4 N–H and O–H groups in total. The number of ketones is 1. The highest BCUT2D eigenvalue weighted by Crippen LogP contribution is 2.83. The molecular formula is C40H42ClF2N3O3. The Labute approximate surface area is 290 Å². The molecule has 8 aliphatic rings. The van der Waals surface area contributed by atoms with Gasteiger partial charge in [0, 0.05) is 33.9 Å². The van der Waals surface area contributed by atoms with Crippen LogP contribution in [-0.4, -0.2) is 23.1 Å². The minimum atomic E-state index is -0.331. The summed E-state index contributed by atoms with van der Waals surface area (Å²) in [4.78, 5) is 38.6. The molecule has 8 aliphatic carbocycles. The molecule has 3 aromatic carbocycles. The second-order valence-electron chi connectivity index (χ2n) is 16.4. The molecular weight excluding hydrogens is 644 g/mol. The molecule has 4 bridgehead atoms. The number of anilines is 2. The van der Waals surface area contributed by atoms with Gasteiger partial charge in [-0.25, -0.2) is 8.78 Å². The third-order valence-corrected chi connectivity index (χ3v) is 13.6. The highest BCUT2D eigenvalue weighted by Gasteiger charge is 2.78. The zero-order valence-electron chi connectivity index (χ0n) is 27.6. The highest BCUT2D eigenvalue weighted by atomic mass is 35.5. The van der Waals surface area contributed by atoms with Crippen LogP contribution < -0.4 is 16.4 Å². The Kier molecular flexibility index (Phi) is 7.44. The van der Waals surface area contributed by atoms with Gasteiger partial charge >= 0.3 is 0 Å². The van der Waals surface area contributed by atoms with Crippen LogP contribution in [0.3, 0.4) is 0 Å². The Bertz CT molecular complexity index is 1790. The van der Waals surface area contributed by atoms with Crippen LogP contribution in [0, 0.1) is 38.7 Å². The lowest BCUT2D eigenvalue weighted by molar-refractivity contribution is -0.278. The number of nitrogens with one attached hydrogen (secondary N) is 2. The number of rotatable bonds is 9. The lowest BCUT2D eigenvalue weighted by atomic mass is 9.25. The van der Waals surface area contributed by atoms with E-state index in [0.717, 1.165) is 77.0 Å². The molecule has 0 aromatic heterocycles. The monoisotopic (exact) mass is 685 g/mol. The average molecular weight is 686 g/mol. The van der Waals surface area contributed by atoms with Crippen molar-refractivity contribution in [2.24, 2.45) is 32.8 Å². The van der Waals surface area contributed by atoms with E-state index in [-0.39, 0.29) is 61.8 Å². The van der Waals surface area contributed by atoms with E-state index in [1.807, 2.05) is 12.1 Å². The number of benzene rings is 3. The fraction of sp³-hybridized carbons (Fsp3) is 0.475. The first-order valence-corrected chi connectivity index (χ1v) is 17.9. The molecule has 0 unspecified atom stereocenters. The lowest BCUT2D eigenvalue weighted by Crippen LogP contribution is -2.79. The topological polar surface area (TPSA) is 101 Å². The third kappa shape index (κ3) is 5.07. The average Bonchev–Trinajstić information content (AvgIpc) is 2.95. The van der Waals surface area contributed by atoms with E-state index in [4.69, 9.17) is 17.3 Å². The van der Waals surface area contributed by atoms with E-state index in [0.29, 0.717) is 28.4 Å². The molecule has 11 rings (SSSR count). The SMILES string of the molecule is NC12CC(C3(C(=O)Nc4ccc(F)cc4)CCC3)(C1)C2.O=C(CC12CC(C3(C(=O)Nc4ccc(F)cc4)CCC3)(C1)C2)c1cccc(Cl)c1. The summed E-state index contributed by atoms with van der Waals surface area (Å²) in [5, 5.41) is 6.57. The van der Waals surface area contributed by atoms with Crippen molar-refractivity contribution in [2.75, 3.05) is 10.6 Å². The van der Waals surface area contributed by atoms with Gasteiger partial charge in [0.1, 0.15) is 11.6 Å². The van der Waals surface area contributed by atoms with Crippen LogP contribution in [0.1, 0.15) is 93.8 Å². The van der Waals surface area contributed by atoms with Gasteiger partial charge in [0.2, 0.25) is 11.8 Å². The maximum absolute atomic E-state index is 13.2. The van der Waals surface area contributed by atoms with Gasteiger partial charge in [-0.1, -0.05) is 36.6 Å². The van der Waals surface area contributed by atoms with Gasteiger partial charge in [-0.2, -0.15) is 0 Å². The number of hydrogen-bond acceptors (Lipinski definition) is 4. The van der Waals surface area contributed by atoms with Gasteiger partial charge in [-0.3, -0.25) is 14.4 Å². The minimum absolute atomic E-state index is 0.0265. The molecule has 8 fully saturated rings. The van der Waals surface area contributed by atoms with Crippen LogP contribution in [0.25, 0.3) is 0 Å². The molecule has 49 heavy (non-hydrogen) atoms.